The molecule has 0 spiro atoms. The molecule has 0 atom stereocenters. The minimum Gasteiger partial charge on any atom is -0.370 e. The molecule has 0 unspecified atom stereocenters. The number of hydrogen-bond donors (Lipinski definition) is 2. The number of nitrogens with one attached hydrogen (secondary N) is 1. The van der Waals surface area contributed by atoms with E-state index < -0.39 is 0 Å². The molecule has 0 radical (unpaired) electrons. The molecule has 4 heteroatoms. The van der Waals surface area contributed by atoms with Crippen LogP contribution < -0.4 is 5.73 Å². The number of guanidine groups is 1. The molecule has 4 nitrogen and oxygen atoms in total. The highest BCUT2D eigenvalue weighted by Gasteiger charge is 2.16. The van der Waals surface area contributed by atoms with Gasteiger partial charge >= 0.3 is 0 Å². The molecule has 0 heterocycles. The second kappa shape index (κ2) is 4.09. The topological polar surface area (TPSA) is 70.2 Å². The van der Waals surface area contributed by atoms with Gasteiger partial charge in [-0.15, -0.1) is 0 Å². The van der Waals surface area contributed by atoms with Gasteiger partial charge in [-0.1, -0.05) is 13.8 Å². The van der Waals surface area contributed by atoms with E-state index in [0.717, 1.165) is 6.29 Å². The zero-order valence-corrected chi connectivity index (χ0v) is 7.92. The van der Waals surface area contributed by atoms with Crippen LogP contribution in [0.25, 0.3) is 0 Å². The molecule has 0 saturated carbocycles. The highest BCUT2D eigenvalue weighted by Crippen LogP contribution is 2.16. The van der Waals surface area contributed by atoms with Crippen molar-refractivity contribution in [3.8, 4) is 0 Å². The van der Waals surface area contributed by atoms with E-state index >= 15 is 0 Å². The number of aldehydes is 1. The number of rotatable bonds is 4. The van der Waals surface area contributed by atoms with Crippen LogP contribution in [0, 0.1) is 10.8 Å². The molecule has 0 saturated heterocycles. The van der Waals surface area contributed by atoms with Crippen molar-refractivity contribution < 1.29 is 4.79 Å². The lowest BCUT2D eigenvalue weighted by atomic mass is 9.91. The minimum absolute atomic E-state index is 0.0386. The monoisotopic (exact) mass is 171 g/mol. The first kappa shape index (κ1) is 10.9. The summed E-state index contributed by atoms with van der Waals surface area (Å²) in [5, 5.41) is 7.08. The van der Waals surface area contributed by atoms with Crippen LogP contribution in [-0.4, -0.2) is 30.7 Å². The molecule has 0 aliphatic rings. The van der Waals surface area contributed by atoms with Crippen LogP contribution in [0.2, 0.25) is 0 Å². The number of nitrogens with two attached hydrogens (primary N) is 1. The van der Waals surface area contributed by atoms with Crippen LogP contribution in [0.5, 0.6) is 0 Å². The molecule has 0 amide bonds. The lowest BCUT2D eigenvalue weighted by Gasteiger charge is -2.22. The minimum atomic E-state index is -0.316. The molecular weight excluding hydrogens is 154 g/mol. The van der Waals surface area contributed by atoms with E-state index in [1.807, 2.05) is 13.8 Å². The molecule has 12 heavy (non-hydrogen) atoms. The summed E-state index contributed by atoms with van der Waals surface area (Å²) in [5.74, 6) is 0.0386. The third-order valence-corrected chi connectivity index (χ3v) is 1.82. The summed E-state index contributed by atoms with van der Waals surface area (Å²) in [5.41, 5.74) is 4.91. The van der Waals surface area contributed by atoms with Gasteiger partial charge in [0.15, 0.2) is 5.96 Å². The van der Waals surface area contributed by atoms with Crippen LogP contribution in [0.1, 0.15) is 20.3 Å². The van der Waals surface area contributed by atoms with E-state index in [4.69, 9.17) is 11.1 Å². The van der Waals surface area contributed by atoms with Crippen molar-refractivity contribution in [3.05, 3.63) is 0 Å². The van der Waals surface area contributed by atoms with Crippen LogP contribution in [0.3, 0.4) is 0 Å². The maximum Gasteiger partial charge on any atom is 0.188 e. The van der Waals surface area contributed by atoms with Crippen molar-refractivity contribution >= 4 is 12.2 Å². The maximum atomic E-state index is 10.5. The lowest BCUT2D eigenvalue weighted by molar-refractivity contribution is -0.115. The average Bonchev–Trinajstić information content (AvgIpc) is 2.00. The summed E-state index contributed by atoms with van der Waals surface area (Å²) in [6.07, 6.45) is 1.65. The smallest absolute Gasteiger partial charge is 0.188 e. The Balaban J connectivity index is 3.83. The first-order valence-corrected chi connectivity index (χ1v) is 3.90. The van der Waals surface area contributed by atoms with Gasteiger partial charge in [-0.25, -0.2) is 0 Å². The summed E-state index contributed by atoms with van der Waals surface area (Å²) in [7, 11) is 1.74. The molecule has 0 aromatic rings. The Bertz CT molecular complexity index is 177. The predicted molar refractivity (Wildman–Crippen MR) is 49.0 cm³/mol. The molecule has 0 bridgehead atoms. The van der Waals surface area contributed by atoms with Gasteiger partial charge in [-0.2, -0.15) is 0 Å². The summed E-state index contributed by atoms with van der Waals surface area (Å²) in [6.45, 7) is 4.38. The zero-order valence-electron chi connectivity index (χ0n) is 7.92. The Morgan fingerprint density at radius 2 is 2.17 bits per heavy atom. The molecule has 3 N–H and O–H groups in total. The Kier molecular flexibility index (Phi) is 3.73. The van der Waals surface area contributed by atoms with Gasteiger partial charge < -0.3 is 15.4 Å². The molecule has 0 aromatic carbocycles. The summed E-state index contributed by atoms with van der Waals surface area (Å²) >= 11 is 0. The molecule has 0 aliphatic carbocycles. The van der Waals surface area contributed by atoms with E-state index in [2.05, 4.69) is 0 Å². The van der Waals surface area contributed by atoms with E-state index in [1.54, 1.807) is 11.9 Å². The van der Waals surface area contributed by atoms with Gasteiger partial charge in [-0.3, -0.25) is 5.41 Å². The van der Waals surface area contributed by atoms with Crippen molar-refractivity contribution in [1.29, 1.82) is 5.41 Å². The van der Waals surface area contributed by atoms with Crippen LogP contribution in [0.4, 0.5) is 0 Å². The molecule has 0 aliphatic heterocycles. The van der Waals surface area contributed by atoms with Crippen LogP contribution in [-0.2, 0) is 4.79 Å². The fourth-order valence-corrected chi connectivity index (χ4v) is 0.635. The maximum absolute atomic E-state index is 10.5. The molecule has 0 fully saturated rings. The Hall–Kier alpha value is -1.06. The van der Waals surface area contributed by atoms with Gasteiger partial charge in [0.25, 0.3) is 0 Å². The summed E-state index contributed by atoms with van der Waals surface area (Å²) in [6, 6.07) is 0. The van der Waals surface area contributed by atoms with Crippen molar-refractivity contribution in [2.24, 2.45) is 11.1 Å². The number of nitrogens with zero attached hydrogens (tertiary/aromatic N) is 1. The standard InChI is InChI=1S/C8H17N3O/c1-8(2,6-12)4-5-11(3)7(9)10/h6H,4-5H2,1-3H3,(H3,9,10). The lowest BCUT2D eigenvalue weighted by Crippen LogP contribution is -2.35. The first-order valence-electron chi connectivity index (χ1n) is 3.90. The van der Waals surface area contributed by atoms with Crippen molar-refractivity contribution in [2.45, 2.75) is 20.3 Å². The van der Waals surface area contributed by atoms with Crippen LogP contribution in [0.15, 0.2) is 0 Å². The number of carbonyl (C=O) groups is 1. The highest BCUT2D eigenvalue weighted by molar-refractivity contribution is 5.74. The second-order valence-corrected chi connectivity index (χ2v) is 3.66. The first-order chi connectivity index (χ1) is 5.39. The SMILES string of the molecule is CN(CCC(C)(C)C=O)C(=N)N. The Morgan fingerprint density at radius 3 is 2.50 bits per heavy atom. The zero-order chi connectivity index (χ0) is 9.78. The summed E-state index contributed by atoms with van der Waals surface area (Å²) < 4.78 is 0. The third kappa shape index (κ3) is 3.95. The van der Waals surface area contributed by atoms with Gasteiger partial charge in [0.2, 0.25) is 0 Å². The van der Waals surface area contributed by atoms with Gasteiger partial charge in [0.1, 0.15) is 6.29 Å². The number of carbonyl (C=O) groups excluding carboxylic acids is 1. The van der Waals surface area contributed by atoms with Gasteiger partial charge in [-0.05, 0) is 6.42 Å². The molecule has 70 valence electrons. The molecule has 0 aromatic heterocycles. The third-order valence-electron chi connectivity index (χ3n) is 1.82. The normalized spacial score (nSPS) is 10.9. The van der Waals surface area contributed by atoms with Crippen molar-refractivity contribution in [3.63, 3.8) is 0 Å². The fraction of sp³-hybridized carbons (Fsp3) is 0.750. The second-order valence-electron chi connectivity index (χ2n) is 3.66. The number of hydrogen-bond acceptors (Lipinski definition) is 2. The highest BCUT2D eigenvalue weighted by atomic mass is 16.1. The quantitative estimate of drug-likeness (QED) is 0.366. The predicted octanol–water partition coefficient (Wildman–Crippen LogP) is 0.427. The Labute approximate surface area is 73.2 Å². The Morgan fingerprint density at radius 1 is 1.67 bits per heavy atom. The summed E-state index contributed by atoms with van der Waals surface area (Å²) in [4.78, 5) is 12.1. The average molecular weight is 171 g/mol. The van der Waals surface area contributed by atoms with E-state index in [1.165, 1.54) is 0 Å². The van der Waals surface area contributed by atoms with Crippen LogP contribution >= 0.6 is 0 Å². The van der Waals surface area contributed by atoms with Crippen molar-refractivity contribution in [2.75, 3.05) is 13.6 Å². The van der Waals surface area contributed by atoms with Gasteiger partial charge in [0.05, 0.1) is 0 Å². The fourth-order valence-electron chi connectivity index (χ4n) is 0.635. The molecule has 0 rings (SSSR count). The van der Waals surface area contributed by atoms with E-state index in [-0.39, 0.29) is 11.4 Å². The largest absolute Gasteiger partial charge is 0.370 e. The van der Waals surface area contributed by atoms with Gasteiger partial charge in [0, 0.05) is 19.0 Å². The van der Waals surface area contributed by atoms with E-state index in [0.29, 0.717) is 13.0 Å². The van der Waals surface area contributed by atoms with E-state index in [9.17, 15) is 4.79 Å². The molecular formula is C8H17N3O. The van der Waals surface area contributed by atoms with Crippen molar-refractivity contribution in [1.82, 2.24) is 4.90 Å².